The number of rotatable bonds is 9. The fourth-order valence-electron chi connectivity index (χ4n) is 15.5. The summed E-state index contributed by atoms with van der Waals surface area (Å²) in [5.41, 5.74) is -0.105. The summed E-state index contributed by atoms with van der Waals surface area (Å²) in [4.78, 5) is 14.9. The molecular weight excluding hydrogens is 852 g/mol. The summed E-state index contributed by atoms with van der Waals surface area (Å²) in [5, 5.41) is 117. The normalized spacial score (nSPS) is 55.2. The molecule has 5 aliphatic carbocycles. The third kappa shape index (κ3) is 7.71. The van der Waals surface area contributed by atoms with E-state index < -0.39 is 117 Å². The van der Waals surface area contributed by atoms with Gasteiger partial charge in [-0.3, -0.25) is 4.79 Å². The van der Waals surface area contributed by atoms with Crippen LogP contribution in [0.25, 0.3) is 0 Å². The standard InChI is InChI=1S/C47H76O18/c1-20(2)21-10-15-47(17-16-45(6)22(28(21)47)8-9-26-44(5)13-12-27(49)43(3,4)25(44)11-14-46(26,45)7)42(59)65-40-34(55)30(51)29(50)24(62-40)19-60-39-36(57)32(53)37(23(18-48)61-39)63-41-35(56)31(52)33(54)38(58)64-41/h21-41,48-58H,1,8-19H2,2-7H3. The summed E-state index contributed by atoms with van der Waals surface area (Å²) >= 11 is 0. The molecule has 0 amide bonds. The molecule has 11 N–H and O–H groups in total. The Labute approximate surface area is 380 Å². The highest BCUT2D eigenvalue weighted by atomic mass is 16.8. The molecule has 0 aromatic carbocycles. The number of carbonyl (C=O) groups is 1. The summed E-state index contributed by atoms with van der Waals surface area (Å²) < 4.78 is 34.0. The largest absolute Gasteiger partial charge is 0.432 e. The van der Waals surface area contributed by atoms with Crippen LogP contribution in [0.5, 0.6) is 0 Å². The molecule has 0 aromatic heterocycles. The summed E-state index contributed by atoms with van der Waals surface area (Å²) in [7, 11) is 0. The number of hydrogen-bond acceptors (Lipinski definition) is 18. The maximum absolute atomic E-state index is 14.9. The van der Waals surface area contributed by atoms with E-state index in [9.17, 15) is 61.0 Å². The predicted molar refractivity (Wildman–Crippen MR) is 225 cm³/mol. The van der Waals surface area contributed by atoms with Crippen LogP contribution in [0, 0.1) is 56.7 Å². The molecule has 5 saturated carbocycles. The molecule has 3 saturated heterocycles. The molecule has 8 aliphatic rings. The van der Waals surface area contributed by atoms with E-state index >= 15 is 0 Å². The molecule has 0 spiro atoms. The average Bonchev–Trinajstić information content (AvgIpc) is 3.67. The number of allylic oxidation sites excluding steroid dienone is 1. The number of hydrogen-bond donors (Lipinski definition) is 11. The highest BCUT2D eigenvalue weighted by Gasteiger charge is 2.72. The summed E-state index contributed by atoms with van der Waals surface area (Å²) in [5.74, 6) is 0.478. The van der Waals surface area contributed by atoms with Gasteiger partial charge >= 0.3 is 5.97 Å². The molecule has 0 bridgehead atoms. The highest BCUT2D eigenvalue weighted by Crippen LogP contribution is 2.77. The number of esters is 1. The minimum atomic E-state index is -1.97. The second-order valence-corrected chi connectivity index (χ2v) is 22.6. The van der Waals surface area contributed by atoms with Crippen molar-refractivity contribution in [2.75, 3.05) is 13.2 Å². The second kappa shape index (κ2) is 17.8. The number of carbonyl (C=O) groups excluding carboxylic acids is 1. The first-order valence-electron chi connectivity index (χ1n) is 23.9. The van der Waals surface area contributed by atoms with Crippen molar-refractivity contribution in [3.05, 3.63) is 12.2 Å². The van der Waals surface area contributed by atoms with Crippen LogP contribution in [0.15, 0.2) is 12.2 Å². The van der Waals surface area contributed by atoms with Crippen molar-refractivity contribution < 1.29 is 89.4 Å². The maximum Gasteiger partial charge on any atom is 0.314 e. The monoisotopic (exact) mass is 929 g/mol. The van der Waals surface area contributed by atoms with E-state index in [4.69, 9.17) is 28.4 Å². The zero-order valence-electron chi connectivity index (χ0n) is 38.6. The number of ether oxygens (including phenoxy) is 6. The van der Waals surface area contributed by atoms with Crippen molar-refractivity contribution >= 4 is 5.97 Å². The zero-order valence-corrected chi connectivity index (χ0v) is 38.6. The molecular formula is C47H76O18. The van der Waals surface area contributed by atoms with Gasteiger partial charge in [0.2, 0.25) is 6.29 Å². The van der Waals surface area contributed by atoms with Gasteiger partial charge in [0.15, 0.2) is 18.9 Å². The molecule has 8 fully saturated rings. The SMILES string of the molecule is C=C(C)C1CCC2(C(=O)OC3OC(COC4OC(CO)C(OC5OC(O)C(O)C(O)C5O)C(O)C4O)C(O)C(O)C3O)CCC3(C)C(CCC4C5(C)CCC(O)C(C)(C)C5CCC43C)C12. The lowest BCUT2D eigenvalue weighted by molar-refractivity contribution is -0.380. The van der Waals surface area contributed by atoms with Crippen LogP contribution < -0.4 is 0 Å². The van der Waals surface area contributed by atoms with Crippen LogP contribution in [-0.4, -0.2) is 174 Å². The Morgan fingerprint density at radius 2 is 1.28 bits per heavy atom. The van der Waals surface area contributed by atoms with Crippen molar-refractivity contribution in [1.29, 1.82) is 0 Å². The van der Waals surface area contributed by atoms with Crippen molar-refractivity contribution in [3.8, 4) is 0 Å². The van der Waals surface area contributed by atoms with Crippen LogP contribution in [0.4, 0.5) is 0 Å². The molecule has 25 unspecified atom stereocenters. The quantitative estimate of drug-likeness (QED) is 0.107. The van der Waals surface area contributed by atoms with Crippen molar-refractivity contribution in [2.45, 2.75) is 204 Å². The molecule has 3 heterocycles. The van der Waals surface area contributed by atoms with E-state index in [1.54, 1.807) is 0 Å². The van der Waals surface area contributed by atoms with Gasteiger partial charge < -0.3 is 84.6 Å². The van der Waals surface area contributed by atoms with Gasteiger partial charge in [-0.1, -0.05) is 46.8 Å². The van der Waals surface area contributed by atoms with Gasteiger partial charge in [-0.25, -0.2) is 0 Å². The van der Waals surface area contributed by atoms with Gasteiger partial charge in [0.25, 0.3) is 0 Å². The summed E-state index contributed by atoms with van der Waals surface area (Å²) in [6.07, 6.45) is -18.4. The van der Waals surface area contributed by atoms with Crippen LogP contribution in [0.1, 0.15) is 106 Å². The molecule has 18 nitrogen and oxygen atoms in total. The highest BCUT2D eigenvalue weighted by molar-refractivity contribution is 5.78. The Bertz CT molecular complexity index is 1750. The predicted octanol–water partition coefficient (Wildman–Crippen LogP) is -0.0461. The third-order valence-corrected chi connectivity index (χ3v) is 19.4. The van der Waals surface area contributed by atoms with Crippen molar-refractivity contribution in [2.24, 2.45) is 56.7 Å². The van der Waals surface area contributed by atoms with Crippen molar-refractivity contribution in [1.82, 2.24) is 0 Å². The van der Waals surface area contributed by atoms with Crippen LogP contribution >= 0.6 is 0 Å². The minimum absolute atomic E-state index is 0.00529. The van der Waals surface area contributed by atoms with Gasteiger partial charge in [0.05, 0.1) is 24.7 Å². The molecule has 18 heteroatoms. The fourth-order valence-corrected chi connectivity index (χ4v) is 15.5. The van der Waals surface area contributed by atoms with Crippen molar-refractivity contribution in [3.63, 3.8) is 0 Å². The van der Waals surface area contributed by atoms with Gasteiger partial charge in [-0.2, -0.15) is 0 Å². The topological polar surface area (TPSA) is 295 Å². The molecule has 3 aliphatic heterocycles. The smallest absolute Gasteiger partial charge is 0.314 e. The lowest BCUT2D eigenvalue weighted by atomic mass is 9.32. The van der Waals surface area contributed by atoms with Crippen LogP contribution in [-0.2, 0) is 33.2 Å². The Morgan fingerprint density at radius 1 is 0.631 bits per heavy atom. The Kier molecular flexibility index (Phi) is 13.7. The second-order valence-electron chi connectivity index (χ2n) is 22.6. The molecule has 65 heavy (non-hydrogen) atoms. The number of aliphatic hydroxyl groups is 11. The third-order valence-electron chi connectivity index (χ3n) is 19.4. The lowest BCUT2D eigenvalue weighted by Gasteiger charge is -2.72. The van der Waals surface area contributed by atoms with Crippen LogP contribution in [0.2, 0.25) is 0 Å². The number of aliphatic hydroxyl groups excluding tert-OH is 11. The van der Waals surface area contributed by atoms with Gasteiger partial charge in [-0.15, -0.1) is 0 Å². The lowest BCUT2D eigenvalue weighted by Crippen LogP contribution is -2.67. The summed E-state index contributed by atoms with van der Waals surface area (Å²) in [6.45, 7) is 16.9. The zero-order chi connectivity index (χ0) is 47.5. The van der Waals surface area contributed by atoms with Gasteiger partial charge in [-0.05, 0) is 122 Å². The van der Waals surface area contributed by atoms with E-state index in [1.165, 1.54) is 0 Å². The van der Waals surface area contributed by atoms with Crippen LogP contribution in [0.3, 0.4) is 0 Å². The van der Waals surface area contributed by atoms with E-state index in [2.05, 4.69) is 41.2 Å². The van der Waals surface area contributed by atoms with Gasteiger partial charge in [0.1, 0.15) is 67.1 Å². The first kappa shape index (κ1) is 50.0. The van der Waals surface area contributed by atoms with E-state index in [0.29, 0.717) is 24.7 Å². The Morgan fingerprint density at radius 3 is 1.95 bits per heavy atom. The molecule has 0 radical (unpaired) electrons. The van der Waals surface area contributed by atoms with E-state index in [1.807, 2.05) is 6.92 Å². The molecule has 372 valence electrons. The Balaban J connectivity index is 0.962. The average molecular weight is 929 g/mol. The first-order chi connectivity index (χ1) is 30.4. The first-order valence-corrected chi connectivity index (χ1v) is 23.9. The van der Waals surface area contributed by atoms with Gasteiger partial charge in [0, 0.05) is 0 Å². The minimum Gasteiger partial charge on any atom is -0.432 e. The number of fused-ring (bicyclic) bond motifs is 7. The van der Waals surface area contributed by atoms with E-state index in [-0.39, 0.29) is 45.5 Å². The fraction of sp³-hybridized carbons (Fsp3) is 0.936. The molecule has 0 aromatic rings. The molecule has 8 rings (SSSR count). The maximum atomic E-state index is 14.9. The Hall–Kier alpha value is -1.43. The summed E-state index contributed by atoms with van der Waals surface area (Å²) in [6, 6.07) is 0. The van der Waals surface area contributed by atoms with E-state index in [0.717, 1.165) is 56.9 Å². The molecule has 25 atom stereocenters.